The summed E-state index contributed by atoms with van der Waals surface area (Å²) in [6.07, 6.45) is 18.0. The average Bonchev–Trinajstić information content (AvgIpc) is 4.11. The molecule has 0 saturated heterocycles. The van der Waals surface area contributed by atoms with Gasteiger partial charge in [0.1, 0.15) is 27.9 Å². The first-order valence-electron chi connectivity index (χ1n) is 22.8. The molecule has 0 aliphatic rings. The highest BCUT2D eigenvalue weighted by Gasteiger charge is 2.29. The fourth-order valence-corrected chi connectivity index (χ4v) is 13.7. The molecule has 6 aromatic heterocycles. The predicted molar refractivity (Wildman–Crippen MR) is 258 cm³/mol. The average molecular weight is 887 g/mol. The van der Waals surface area contributed by atoms with Crippen molar-refractivity contribution in [2.24, 2.45) is 11.8 Å². The summed E-state index contributed by atoms with van der Waals surface area (Å²) in [5.74, 6) is 4.01. The van der Waals surface area contributed by atoms with Gasteiger partial charge in [0.2, 0.25) is 0 Å². The molecule has 2 atom stereocenters. The SMILES string of the molecule is CCCCCCCCOC(=O)c1sc2c(-c3cc4c(-c5ccc(CC(CC)CCCC)o5)c5sc(C)cc5c(-c5ccc(CC(CC)CCCC)o5)c4s3)sc(C)c2c1F. The molecule has 0 aliphatic carbocycles. The van der Waals surface area contributed by atoms with E-state index in [-0.39, 0.29) is 4.88 Å². The first-order chi connectivity index (χ1) is 29.2. The molecule has 0 fully saturated rings. The normalized spacial score (nSPS) is 13.1. The molecule has 0 amide bonds. The van der Waals surface area contributed by atoms with Crippen LogP contribution >= 0.6 is 45.3 Å². The molecule has 322 valence electrons. The third-order valence-electron chi connectivity index (χ3n) is 12.3. The number of hydrogen-bond donors (Lipinski definition) is 0. The first kappa shape index (κ1) is 44.8. The summed E-state index contributed by atoms with van der Waals surface area (Å²) in [5.41, 5.74) is 2.21. The first-order valence-corrected chi connectivity index (χ1v) is 26.0. The van der Waals surface area contributed by atoms with Crippen molar-refractivity contribution >= 4 is 81.6 Å². The quantitative estimate of drug-likeness (QED) is 0.0474. The van der Waals surface area contributed by atoms with E-state index in [9.17, 15) is 4.79 Å². The molecule has 0 radical (unpaired) electrons. The molecule has 2 unspecified atom stereocenters. The van der Waals surface area contributed by atoms with Crippen LogP contribution in [-0.4, -0.2) is 12.6 Å². The second-order valence-corrected chi connectivity index (χ2v) is 21.4. The summed E-state index contributed by atoms with van der Waals surface area (Å²) in [7, 11) is 0. The minimum Gasteiger partial charge on any atom is -0.461 e. The largest absolute Gasteiger partial charge is 0.461 e. The fraction of sp³-hybridized carbons (Fsp3) is 0.510. The molecule has 0 aliphatic heterocycles. The summed E-state index contributed by atoms with van der Waals surface area (Å²) in [6, 6.07) is 13.3. The number of carbonyl (C=O) groups excluding carboxylic acids is 1. The number of thiophene rings is 4. The van der Waals surface area contributed by atoms with E-state index in [0.29, 0.717) is 23.8 Å². The van der Waals surface area contributed by atoms with Gasteiger partial charge < -0.3 is 13.6 Å². The third kappa shape index (κ3) is 9.70. The smallest absolute Gasteiger partial charge is 0.351 e. The highest BCUT2D eigenvalue weighted by Crippen LogP contribution is 2.54. The number of aryl methyl sites for hydroxylation is 2. The molecule has 0 bridgehead atoms. The fourth-order valence-electron chi connectivity index (χ4n) is 8.74. The van der Waals surface area contributed by atoms with E-state index >= 15 is 4.39 Å². The van der Waals surface area contributed by atoms with Crippen molar-refractivity contribution < 1.29 is 22.8 Å². The van der Waals surface area contributed by atoms with Gasteiger partial charge in [-0.1, -0.05) is 118 Å². The van der Waals surface area contributed by atoms with Gasteiger partial charge in [-0.25, -0.2) is 9.18 Å². The van der Waals surface area contributed by atoms with Crippen molar-refractivity contribution in [3.8, 4) is 32.4 Å². The van der Waals surface area contributed by atoms with Gasteiger partial charge in [0.15, 0.2) is 5.82 Å². The van der Waals surface area contributed by atoms with Crippen LogP contribution in [0.2, 0.25) is 0 Å². The number of benzene rings is 1. The van der Waals surface area contributed by atoms with E-state index < -0.39 is 11.8 Å². The molecule has 9 heteroatoms. The van der Waals surface area contributed by atoms with Crippen molar-refractivity contribution in [2.75, 3.05) is 6.61 Å². The van der Waals surface area contributed by atoms with E-state index in [1.54, 1.807) is 34.0 Å². The van der Waals surface area contributed by atoms with E-state index in [2.05, 4.69) is 77.9 Å². The van der Waals surface area contributed by atoms with Crippen LogP contribution in [0.4, 0.5) is 4.39 Å². The highest BCUT2D eigenvalue weighted by molar-refractivity contribution is 7.31. The van der Waals surface area contributed by atoms with Crippen LogP contribution in [0, 0.1) is 31.5 Å². The van der Waals surface area contributed by atoms with Crippen LogP contribution in [-0.2, 0) is 17.6 Å². The van der Waals surface area contributed by atoms with Crippen molar-refractivity contribution in [1.29, 1.82) is 0 Å². The maximum Gasteiger partial charge on any atom is 0.351 e. The zero-order chi connectivity index (χ0) is 42.3. The zero-order valence-electron chi connectivity index (χ0n) is 36.8. The zero-order valence-corrected chi connectivity index (χ0v) is 40.0. The van der Waals surface area contributed by atoms with E-state index in [1.807, 2.05) is 6.92 Å². The maximum atomic E-state index is 16.2. The minimum atomic E-state index is -0.559. The number of furan rings is 2. The minimum absolute atomic E-state index is 0.0708. The van der Waals surface area contributed by atoms with Gasteiger partial charge in [-0.15, -0.1) is 45.3 Å². The molecular weight excluding hydrogens is 824 g/mol. The van der Waals surface area contributed by atoms with Crippen LogP contribution in [0.15, 0.2) is 45.2 Å². The Hall–Kier alpha value is -3.24. The molecule has 60 heavy (non-hydrogen) atoms. The van der Waals surface area contributed by atoms with Crippen LogP contribution in [0.3, 0.4) is 0 Å². The van der Waals surface area contributed by atoms with Crippen LogP contribution < -0.4 is 0 Å². The van der Waals surface area contributed by atoms with Crippen LogP contribution in [0.25, 0.3) is 62.7 Å². The van der Waals surface area contributed by atoms with Crippen LogP contribution in [0.1, 0.15) is 155 Å². The number of ether oxygens (including phenoxy) is 1. The second kappa shape index (κ2) is 20.8. The van der Waals surface area contributed by atoms with E-state index in [0.717, 1.165) is 109 Å². The van der Waals surface area contributed by atoms with E-state index in [4.69, 9.17) is 13.6 Å². The van der Waals surface area contributed by atoms with Crippen molar-refractivity contribution in [2.45, 2.75) is 151 Å². The third-order valence-corrected chi connectivity index (χ3v) is 17.1. The molecule has 6 heterocycles. The lowest BCUT2D eigenvalue weighted by Crippen LogP contribution is -2.06. The maximum absolute atomic E-state index is 16.2. The van der Waals surface area contributed by atoms with Gasteiger partial charge >= 0.3 is 5.97 Å². The van der Waals surface area contributed by atoms with Crippen molar-refractivity contribution in [1.82, 2.24) is 0 Å². The monoisotopic (exact) mass is 886 g/mol. The van der Waals surface area contributed by atoms with Gasteiger partial charge in [0.05, 0.1) is 16.2 Å². The second-order valence-electron chi connectivity index (χ2n) is 16.8. The Morgan fingerprint density at radius 2 is 1.23 bits per heavy atom. The molecule has 0 saturated carbocycles. The Morgan fingerprint density at radius 3 is 1.83 bits per heavy atom. The van der Waals surface area contributed by atoms with Crippen LogP contribution in [0.5, 0.6) is 0 Å². The van der Waals surface area contributed by atoms with Crippen molar-refractivity contribution in [3.63, 3.8) is 0 Å². The highest BCUT2D eigenvalue weighted by atomic mass is 32.1. The lowest BCUT2D eigenvalue weighted by atomic mass is 9.95. The number of hydrogen-bond acceptors (Lipinski definition) is 8. The standard InChI is InChI=1S/C51H63FO4S4/c1-8-13-16-17-18-19-26-54-51(53)50-45(52)42-32(7)58-48(49(42)60-50)41-30-38-44(40-25-23-36(56-40)29-34(12-5)21-15-10-3)46-37(27-31(6)57-46)43(47(38)59-41)39-24-22-35(55-39)28-33(11-4)20-14-9-2/h22-25,27,30,33-34H,8-21,26,28-29H2,1-7H3. The molecular formula is C51H63FO4S4. The number of rotatable bonds is 23. The summed E-state index contributed by atoms with van der Waals surface area (Å²) in [4.78, 5) is 17.5. The summed E-state index contributed by atoms with van der Waals surface area (Å²) in [6.45, 7) is 15.8. The Labute approximate surface area is 372 Å². The number of carbonyl (C=O) groups is 1. The lowest BCUT2D eigenvalue weighted by Gasteiger charge is -2.13. The van der Waals surface area contributed by atoms with Gasteiger partial charge in [-0.2, -0.15) is 0 Å². The molecule has 1 aromatic carbocycles. The van der Waals surface area contributed by atoms with Gasteiger partial charge in [-0.05, 0) is 68.5 Å². The molecule has 7 aromatic rings. The topological polar surface area (TPSA) is 52.6 Å². The molecule has 0 N–H and O–H groups in total. The molecule has 4 nitrogen and oxygen atoms in total. The van der Waals surface area contributed by atoms with Gasteiger partial charge in [0, 0.05) is 64.2 Å². The number of unbranched alkanes of at least 4 members (excludes halogenated alkanes) is 7. The Bertz CT molecular complexity index is 2390. The predicted octanol–water partition coefficient (Wildman–Crippen LogP) is 18.4. The van der Waals surface area contributed by atoms with Crippen molar-refractivity contribution in [3.05, 3.63) is 68.4 Å². The molecule has 7 rings (SSSR count). The van der Waals surface area contributed by atoms with Gasteiger partial charge in [0.25, 0.3) is 0 Å². The Kier molecular flexibility index (Phi) is 15.5. The Balaban J connectivity index is 1.33. The Morgan fingerprint density at radius 1 is 0.667 bits per heavy atom. The van der Waals surface area contributed by atoms with Gasteiger partial charge in [-0.3, -0.25) is 0 Å². The number of fused-ring (bicyclic) bond motifs is 3. The lowest BCUT2D eigenvalue weighted by molar-refractivity contribution is 0.0499. The summed E-state index contributed by atoms with van der Waals surface area (Å²) < 4.78 is 38.7. The summed E-state index contributed by atoms with van der Waals surface area (Å²) >= 11 is 6.37. The number of esters is 1. The summed E-state index contributed by atoms with van der Waals surface area (Å²) in [5, 5.41) is 2.82. The number of halogens is 1. The van der Waals surface area contributed by atoms with E-state index in [1.165, 1.54) is 84.1 Å². The molecule has 0 spiro atoms.